The number of anilines is 1. The molecular formula is C13H16N4O3. The molecule has 1 aromatic heterocycles. The first-order valence-electron chi connectivity index (χ1n) is 6.14. The van der Waals surface area contributed by atoms with E-state index in [1.807, 2.05) is 13.2 Å². The van der Waals surface area contributed by atoms with Crippen LogP contribution in [0.1, 0.15) is 5.56 Å². The van der Waals surface area contributed by atoms with Gasteiger partial charge >= 0.3 is 0 Å². The Morgan fingerprint density at radius 1 is 1.50 bits per heavy atom. The van der Waals surface area contributed by atoms with E-state index >= 15 is 0 Å². The summed E-state index contributed by atoms with van der Waals surface area (Å²) in [4.78, 5) is 10.6. The van der Waals surface area contributed by atoms with Gasteiger partial charge in [0.05, 0.1) is 24.3 Å². The van der Waals surface area contributed by atoms with Crippen LogP contribution in [0.5, 0.6) is 5.75 Å². The summed E-state index contributed by atoms with van der Waals surface area (Å²) in [5.41, 5.74) is 1.58. The molecule has 0 saturated carbocycles. The Balaban J connectivity index is 2.03. The van der Waals surface area contributed by atoms with Crippen molar-refractivity contribution in [2.75, 3.05) is 19.0 Å². The van der Waals surface area contributed by atoms with Crippen LogP contribution in [-0.4, -0.2) is 28.4 Å². The number of aryl methyl sites for hydroxylation is 1. The summed E-state index contributed by atoms with van der Waals surface area (Å²) in [5.74, 6) is 0.467. The SMILES string of the molecule is COc1ccc(NCCc2cnn(C)c2)c([N+](=O)[O-])c1. The third-order valence-corrected chi connectivity index (χ3v) is 2.89. The van der Waals surface area contributed by atoms with Crippen LogP contribution in [0, 0.1) is 10.1 Å². The molecule has 1 heterocycles. The monoisotopic (exact) mass is 276 g/mol. The van der Waals surface area contributed by atoms with E-state index in [0.29, 0.717) is 18.0 Å². The van der Waals surface area contributed by atoms with E-state index in [-0.39, 0.29) is 5.69 Å². The maximum Gasteiger partial charge on any atom is 0.296 e. The molecule has 0 saturated heterocycles. The van der Waals surface area contributed by atoms with Crippen molar-refractivity contribution in [1.82, 2.24) is 9.78 Å². The second-order valence-electron chi connectivity index (χ2n) is 4.34. The maximum atomic E-state index is 11.0. The van der Waals surface area contributed by atoms with Gasteiger partial charge in [0.2, 0.25) is 0 Å². The Morgan fingerprint density at radius 2 is 2.30 bits per heavy atom. The van der Waals surface area contributed by atoms with E-state index in [4.69, 9.17) is 4.74 Å². The van der Waals surface area contributed by atoms with Gasteiger partial charge in [-0.15, -0.1) is 0 Å². The molecule has 2 aromatic rings. The van der Waals surface area contributed by atoms with Crippen LogP contribution in [0.4, 0.5) is 11.4 Å². The Morgan fingerprint density at radius 3 is 2.90 bits per heavy atom. The third kappa shape index (κ3) is 3.25. The Kier molecular flexibility index (Phi) is 4.19. The van der Waals surface area contributed by atoms with Gasteiger partial charge in [-0.05, 0) is 24.1 Å². The molecule has 0 atom stereocenters. The second-order valence-corrected chi connectivity index (χ2v) is 4.34. The molecule has 0 aliphatic heterocycles. The van der Waals surface area contributed by atoms with Crippen molar-refractivity contribution >= 4 is 11.4 Å². The number of nitrogens with one attached hydrogen (secondary N) is 1. The molecule has 20 heavy (non-hydrogen) atoms. The lowest BCUT2D eigenvalue weighted by Gasteiger charge is -2.07. The van der Waals surface area contributed by atoms with Gasteiger partial charge in [-0.25, -0.2) is 0 Å². The molecule has 0 radical (unpaired) electrons. The van der Waals surface area contributed by atoms with Crippen LogP contribution >= 0.6 is 0 Å². The molecular weight excluding hydrogens is 260 g/mol. The number of ether oxygens (including phenoxy) is 1. The number of hydrogen-bond acceptors (Lipinski definition) is 5. The number of aromatic nitrogens is 2. The van der Waals surface area contributed by atoms with Gasteiger partial charge in [-0.2, -0.15) is 5.10 Å². The predicted octanol–water partition coefficient (Wildman–Crippen LogP) is 1.99. The first-order valence-corrected chi connectivity index (χ1v) is 6.14. The molecule has 0 fully saturated rings. The number of nitro groups is 1. The standard InChI is InChI=1S/C13H16N4O3/c1-16-9-10(8-15-16)5-6-14-12-4-3-11(20-2)7-13(12)17(18)19/h3-4,7-9,14H,5-6H2,1-2H3. The fraction of sp³-hybridized carbons (Fsp3) is 0.308. The van der Waals surface area contributed by atoms with E-state index in [0.717, 1.165) is 12.0 Å². The molecule has 7 nitrogen and oxygen atoms in total. The van der Waals surface area contributed by atoms with Crippen LogP contribution in [0.3, 0.4) is 0 Å². The van der Waals surface area contributed by atoms with E-state index < -0.39 is 4.92 Å². The molecule has 7 heteroatoms. The Hall–Kier alpha value is -2.57. The molecule has 106 valence electrons. The lowest BCUT2D eigenvalue weighted by Crippen LogP contribution is -2.06. The highest BCUT2D eigenvalue weighted by atomic mass is 16.6. The van der Waals surface area contributed by atoms with E-state index in [1.54, 1.807) is 23.0 Å². The Labute approximate surface area is 116 Å². The highest BCUT2D eigenvalue weighted by molar-refractivity contribution is 5.63. The highest BCUT2D eigenvalue weighted by Crippen LogP contribution is 2.28. The molecule has 1 N–H and O–H groups in total. The molecule has 0 spiro atoms. The zero-order valence-corrected chi connectivity index (χ0v) is 11.4. The van der Waals surface area contributed by atoms with E-state index in [9.17, 15) is 10.1 Å². The number of rotatable bonds is 6. The normalized spacial score (nSPS) is 10.3. The topological polar surface area (TPSA) is 82.2 Å². The summed E-state index contributed by atoms with van der Waals surface area (Å²) in [6.07, 6.45) is 4.45. The number of hydrogen-bond donors (Lipinski definition) is 1. The first kappa shape index (κ1) is 13.9. The largest absolute Gasteiger partial charge is 0.496 e. The molecule has 0 amide bonds. The van der Waals surface area contributed by atoms with Crippen LogP contribution in [0.2, 0.25) is 0 Å². The molecule has 2 rings (SSSR count). The minimum absolute atomic E-state index is 0.00976. The molecule has 0 bridgehead atoms. The number of nitro benzene ring substituents is 1. The van der Waals surface area contributed by atoms with Crippen molar-refractivity contribution in [2.24, 2.45) is 7.05 Å². The van der Waals surface area contributed by atoms with Crippen LogP contribution in [0.25, 0.3) is 0 Å². The summed E-state index contributed by atoms with van der Waals surface area (Å²) in [6, 6.07) is 4.76. The van der Waals surface area contributed by atoms with Crippen molar-refractivity contribution in [1.29, 1.82) is 0 Å². The van der Waals surface area contributed by atoms with Crippen LogP contribution in [-0.2, 0) is 13.5 Å². The summed E-state index contributed by atoms with van der Waals surface area (Å²) in [6.45, 7) is 0.596. The lowest BCUT2D eigenvalue weighted by molar-refractivity contribution is -0.384. The van der Waals surface area contributed by atoms with Gasteiger partial charge in [0.1, 0.15) is 11.4 Å². The van der Waals surface area contributed by atoms with Crippen molar-refractivity contribution < 1.29 is 9.66 Å². The Bertz CT molecular complexity index is 609. The van der Waals surface area contributed by atoms with Gasteiger partial charge in [-0.1, -0.05) is 0 Å². The number of benzene rings is 1. The van der Waals surface area contributed by atoms with Gasteiger partial charge in [0, 0.05) is 19.8 Å². The zero-order valence-electron chi connectivity index (χ0n) is 11.4. The van der Waals surface area contributed by atoms with Crippen molar-refractivity contribution in [3.05, 3.63) is 46.3 Å². The molecule has 0 aliphatic rings. The average molecular weight is 276 g/mol. The van der Waals surface area contributed by atoms with Crippen LogP contribution < -0.4 is 10.1 Å². The van der Waals surface area contributed by atoms with Gasteiger partial charge in [0.15, 0.2) is 0 Å². The fourth-order valence-electron chi connectivity index (χ4n) is 1.88. The first-order chi connectivity index (χ1) is 9.60. The third-order valence-electron chi connectivity index (χ3n) is 2.89. The summed E-state index contributed by atoms with van der Waals surface area (Å²) in [7, 11) is 3.33. The van der Waals surface area contributed by atoms with Crippen molar-refractivity contribution in [3.8, 4) is 5.75 Å². The average Bonchev–Trinajstić information content (AvgIpc) is 2.84. The molecule has 1 aromatic carbocycles. The fourth-order valence-corrected chi connectivity index (χ4v) is 1.88. The minimum Gasteiger partial charge on any atom is -0.496 e. The van der Waals surface area contributed by atoms with Crippen molar-refractivity contribution in [3.63, 3.8) is 0 Å². The zero-order chi connectivity index (χ0) is 14.5. The van der Waals surface area contributed by atoms with Crippen LogP contribution in [0.15, 0.2) is 30.6 Å². The molecule has 0 aliphatic carbocycles. The lowest BCUT2D eigenvalue weighted by atomic mass is 10.2. The smallest absolute Gasteiger partial charge is 0.296 e. The number of methoxy groups -OCH3 is 1. The van der Waals surface area contributed by atoms with Gasteiger partial charge < -0.3 is 10.1 Å². The maximum absolute atomic E-state index is 11.0. The summed E-state index contributed by atoms with van der Waals surface area (Å²) >= 11 is 0. The van der Waals surface area contributed by atoms with Gasteiger partial charge in [0.25, 0.3) is 5.69 Å². The number of nitrogens with zero attached hydrogens (tertiary/aromatic N) is 3. The summed E-state index contributed by atoms with van der Waals surface area (Å²) < 4.78 is 6.72. The highest BCUT2D eigenvalue weighted by Gasteiger charge is 2.14. The molecule has 0 unspecified atom stereocenters. The summed E-state index contributed by atoms with van der Waals surface area (Å²) in [5, 5.41) is 18.2. The second kappa shape index (κ2) is 6.05. The van der Waals surface area contributed by atoms with Crippen molar-refractivity contribution in [2.45, 2.75) is 6.42 Å². The predicted molar refractivity (Wildman–Crippen MR) is 75.1 cm³/mol. The van der Waals surface area contributed by atoms with Gasteiger partial charge in [-0.3, -0.25) is 14.8 Å². The van der Waals surface area contributed by atoms with E-state index in [1.165, 1.54) is 13.2 Å². The minimum atomic E-state index is -0.422. The van der Waals surface area contributed by atoms with E-state index in [2.05, 4.69) is 10.4 Å². The quantitative estimate of drug-likeness (QED) is 0.644.